The van der Waals surface area contributed by atoms with Gasteiger partial charge < -0.3 is 5.32 Å². The standard InChI is InChI=1S/C22H19BrCl2N2O3S/c23-17-7-4-8-19(13-17)26-22(28)15-27(12-11-16-5-2-1-3-6-16)31(29,30)21-14-18(24)9-10-20(21)25/h1-10,13-14H,11-12,15H2,(H,26,28). The first-order valence-electron chi connectivity index (χ1n) is 9.30. The number of anilines is 1. The van der Waals surface area contributed by atoms with E-state index in [1.807, 2.05) is 36.4 Å². The maximum atomic E-state index is 13.4. The van der Waals surface area contributed by atoms with E-state index in [9.17, 15) is 13.2 Å². The molecule has 1 amide bonds. The van der Waals surface area contributed by atoms with Crippen LogP contribution in [-0.2, 0) is 21.2 Å². The summed E-state index contributed by atoms with van der Waals surface area (Å²) in [5.74, 6) is -0.465. The van der Waals surface area contributed by atoms with Gasteiger partial charge in [-0.25, -0.2) is 8.42 Å². The molecule has 0 aliphatic heterocycles. The maximum Gasteiger partial charge on any atom is 0.245 e. The third-order valence-corrected chi connectivity index (χ3v) is 7.49. The number of nitrogens with one attached hydrogen (secondary N) is 1. The number of amides is 1. The number of sulfonamides is 1. The number of carbonyl (C=O) groups is 1. The molecule has 0 unspecified atom stereocenters. The van der Waals surface area contributed by atoms with E-state index in [1.165, 1.54) is 18.2 Å². The van der Waals surface area contributed by atoms with Crippen LogP contribution in [0.25, 0.3) is 0 Å². The number of hydrogen-bond acceptors (Lipinski definition) is 3. The van der Waals surface area contributed by atoms with Crippen LogP contribution in [0.3, 0.4) is 0 Å². The minimum Gasteiger partial charge on any atom is -0.325 e. The van der Waals surface area contributed by atoms with Crippen molar-refractivity contribution >= 4 is 60.7 Å². The second-order valence-electron chi connectivity index (χ2n) is 6.71. The van der Waals surface area contributed by atoms with Crippen LogP contribution < -0.4 is 5.32 Å². The smallest absolute Gasteiger partial charge is 0.245 e. The summed E-state index contributed by atoms with van der Waals surface area (Å²) in [6, 6.07) is 20.7. The summed E-state index contributed by atoms with van der Waals surface area (Å²) in [4.78, 5) is 12.5. The molecular formula is C22H19BrCl2N2O3S. The zero-order chi connectivity index (χ0) is 22.4. The highest BCUT2D eigenvalue weighted by molar-refractivity contribution is 9.10. The molecule has 0 aliphatic rings. The van der Waals surface area contributed by atoms with Gasteiger partial charge in [-0.15, -0.1) is 0 Å². The highest BCUT2D eigenvalue weighted by Crippen LogP contribution is 2.28. The van der Waals surface area contributed by atoms with E-state index >= 15 is 0 Å². The normalized spacial score (nSPS) is 11.5. The second kappa shape index (κ2) is 10.6. The van der Waals surface area contributed by atoms with Gasteiger partial charge in [0.1, 0.15) is 4.90 Å². The van der Waals surface area contributed by atoms with Gasteiger partial charge in [0, 0.05) is 21.7 Å². The van der Waals surface area contributed by atoms with Crippen LogP contribution in [0.4, 0.5) is 5.69 Å². The summed E-state index contributed by atoms with van der Waals surface area (Å²) >= 11 is 15.5. The molecule has 162 valence electrons. The molecule has 0 heterocycles. The molecule has 0 radical (unpaired) electrons. The number of rotatable bonds is 8. The van der Waals surface area contributed by atoms with E-state index in [4.69, 9.17) is 23.2 Å². The summed E-state index contributed by atoms with van der Waals surface area (Å²) in [5.41, 5.74) is 1.51. The van der Waals surface area contributed by atoms with Crippen molar-refractivity contribution in [2.45, 2.75) is 11.3 Å². The van der Waals surface area contributed by atoms with Crippen LogP contribution in [0, 0.1) is 0 Å². The summed E-state index contributed by atoms with van der Waals surface area (Å²) < 4.78 is 28.6. The Kier molecular flexibility index (Phi) is 8.13. The molecule has 3 aromatic carbocycles. The van der Waals surface area contributed by atoms with Crippen LogP contribution in [0.15, 0.2) is 82.2 Å². The molecule has 31 heavy (non-hydrogen) atoms. The van der Waals surface area contributed by atoms with Crippen molar-refractivity contribution in [1.82, 2.24) is 4.31 Å². The Morgan fingerprint density at radius 2 is 1.71 bits per heavy atom. The Hall–Kier alpha value is -1.90. The van der Waals surface area contributed by atoms with Crippen molar-refractivity contribution in [2.24, 2.45) is 0 Å². The highest BCUT2D eigenvalue weighted by atomic mass is 79.9. The van der Waals surface area contributed by atoms with Crippen molar-refractivity contribution < 1.29 is 13.2 Å². The first kappa shape index (κ1) is 23.8. The van der Waals surface area contributed by atoms with Crippen molar-refractivity contribution in [3.8, 4) is 0 Å². The Morgan fingerprint density at radius 3 is 2.42 bits per heavy atom. The van der Waals surface area contributed by atoms with E-state index in [-0.39, 0.29) is 28.0 Å². The van der Waals surface area contributed by atoms with Gasteiger partial charge in [-0.1, -0.05) is 75.5 Å². The van der Waals surface area contributed by atoms with Gasteiger partial charge in [-0.2, -0.15) is 4.31 Å². The van der Waals surface area contributed by atoms with Gasteiger partial charge >= 0.3 is 0 Å². The van der Waals surface area contributed by atoms with E-state index in [1.54, 1.807) is 18.2 Å². The Balaban J connectivity index is 1.86. The largest absolute Gasteiger partial charge is 0.325 e. The minimum atomic E-state index is -4.07. The fourth-order valence-corrected chi connectivity index (χ4v) is 5.46. The summed E-state index contributed by atoms with van der Waals surface area (Å²) in [5, 5.41) is 3.01. The fraction of sp³-hybridized carbons (Fsp3) is 0.136. The average Bonchev–Trinajstić information content (AvgIpc) is 2.73. The number of benzene rings is 3. The zero-order valence-electron chi connectivity index (χ0n) is 16.3. The monoisotopic (exact) mass is 540 g/mol. The number of carbonyl (C=O) groups excluding carboxylic acids is 1. The van der Waals surface area contributed by atoms with Crippen molar-refractivity contribution in [3.63, 3.8) is 0 Å². The third kappa shape index (κ3) is 6.54. The molecule has 0 bridgehead atoms. The molecule has 9 heteroatoms. The molecule has 0 spiro atoms. The minimum absolute atomic E-state index is 0.0431. The van der Waals surface area contributed by atoms with E-state index < -0.39 is 15.9 Å². The molecule has 3 aromatic rings. The summed E-state index contributed by atoms with van der Waals surface area (Å²) in [6.45, 7) is -0.272. The third-order valence-electron chi connectivity index (χ3n) is 4.43. The average molecular weight is 542 g/mol. The second-order valence-corrected chi connectivity index (χ2v) is 10.4. The molecule has 5 nitrogen and oxygen atoms in total. The quantitative estimate of drug-likeness (QED) is 0.402. The molecule has 0 aromatic heterocycles. The van der Waals surface area contributed by atoms with Gasteiger partial charge in [0.2, 0.25) is 15.9 Å². The number of hydrogen-bond donors (Lipinski definition) is 1. The molecule has 0 aliphatic carbocycles. The van der Waals surface area contributed by atoms with Crippen LogP contribution in [0.5, 0.6) is 0 Å². The van der Waals surface area contributed by atoms with Gasteiger partial charge in [-0.3, -0.25) is 4.79 Å². The fourth-order valence-electron chi connectivity index (χ4n) is 2.92. The topological polar surface area (TPSA) is 66.5 Å². The van der Waals surface area contributed by atoms with Crippen LogP contribution >= 0.6 is 39.1 Å². The zero-order valence-corrected chi connectivity index (χ0v) is 20.2. The molecule has 3 rings (SSSR count). The van der Waals surface area contributed by atoms with Crippen molar-refractivity contribution in [1.29, 1.82) is 0 Å². The van der Waals surface area contributed by atoms with Gasteiger partial charge in [0.25, 0.3) is 0 Å². The number of halogens is 3. The van der Waals surface area contributed by atoms with Crippen molar-refractivity contribution in [3.05, 3.63) is 92.9 Å². The summed E-state index contributed by atoms with van der Waals surface area (Å²) in [6.07, 6.45) is 0.433. The molecule has 0 saturated heterocycles. The van der Waals surface area contributed by atoms with Gasteiger partial charge in [-0.05, 0) is 48.4 Å². The summed E-state index contributed by atoms with van der Waals surface area (Å²) in [7, 11) is -4.07. The molecule has 0 atom stereocenters. The lowest BCUT2D eigenvalue weighted by atomic mass is 10.1. The first-order valence-corrected chi connectivity index (χ1v) is 12.3. The predicted octanol–water partition coefficient (Wildman–Crippen LogP) is 5.63. The predicted molar refractivity (Wildman–Crippen MR) is 128 cm³/mol. The first-order chi connectivity index (χ1) is 14.8. The molecule has 0 saturated carbocycles. The Bertz CT molecular complexity index is 1170. The van der Waals surface area contributed by atoms with E-state index in [0.717, 1.165) is 14.3 Å². The van der Waals surface area contributed by atoms with Crippen LogP contribution in [0.2, 0.25) is 10.0 Å². The van der Waals surface area contributed by atoms with Crippen molar-refractivity contribution in [2.75, 3.05) is 18.4 Å². The van der Waals surface area contributed by atoms with Gasteiger partial charge in [0.05, 0.1) is 11.6 Å². The lowest BCUT2D eigenvalue weighted by molar-refractivity contribution is -0.116. The molecule has 0 fully saturated rings. The van der Waals surface area contributed by atoms with Gasteiger partial charge in [0.15, 0.2) is 0 Å². The lowest BCUT2D eigenvalue weighted by Crippen LogP contribution is -2.39. The van der Waals surface area contributed by atoms with E-state index in [2.05, 4.69) is 21.2 Å². The highest BCUT2D eigenvalue weighted by Gasteiger charge is 2.29. The van der Waals surface area contributed by atoms with E-state index in [0.29, 0.717) is 12.1 Å². The Morgan fingerprint density at radius 1 is 0.968 bits per heavy atom. The molecule has 1 N–H and O–H groups in total. The SMILES string of the molecule is O=C(CN(CCc1ccccc1)S(=O)(=O)c1cc(Cl)ccc1Cl)Nc1cccc(Br)c1. The lowest BCUT2D eigenvalue weighted by Gasteiger charge is -2.22. The van der Waals surface area contributed by atoms with Crippen LogP contribution in [-0.4, -0.2) is 31.7 Å². The van der Waals surface area contributed by atoms with Crippen LogP contribution in [0.1, 0.15) is 5.56 Å². The molecular weight excluding hydrogens is 523 g/mol. The number of nitrogens with zero attached hydrogens (tertiary/aromatic N) is 1. The Labute approximate surface area is 200 Å². The maximum absolute atomic E-state index is 13.4.